The van der Waals surface area contributed by atoms with Crippen LogP contribution in [0.15, 0.2) is 18.2 Å². The van der Waals surface area contributed by atoms with E-state index in [0.717, 1.165) is 22.9 Å². The molecule has 2 aromatic rings. The predicted octanol–water partition coefficient (Wildman–Crippen LogP) is 3.36. The topological polar surface area (TPSA) is 41.8 Å². The van der Waals surface area contributed by atoms with E-state index in [-0.39, 0.29) is 6.04 Å². The number of hydrogen-bond acceptors (Lipinski definition) is 1. The fourth-order valence-corrected chi connectivity index (χ4v) is 2.31. The first-order valence-corrected chi connectivity index (χ1v) is 5.55. The molecule has 0 fully saturated rings. The maximum absolute atomic E-state index is 6.14. The minimum absolute atomic E-state index is 0.0674. The lowest BCUT2D eigenvalue weighted by Gasteiger charge is -2.04. The van der Waals surface area contributed by atoms with Gasteiger partial charge in [-0.15, -0.1) is 0 Å². The van der Waals surface area contributed by atoms with E-state index in [4.69, 9.17) is 28.9 Å². The van der Waals surface area contributed by atoms with Crippen LogP contribution in [0.1, 0.15) is 12.5 Å². The Bertz CT molecular complexity index is 489. The van der Waals surface area contributed by atoms with Gasteiger partial charge in [0.25, 0.3) is 0 Å². The zero-order chi connectivity index (χ0) is 11.0. The normalized spacial score (nSPS) is 13.3. The molecule has 2 nitrogen and oxygen atoms in total. The van der Waals surface area contributed by atoms with Crippen molar-refractivity contribution >= 4 is 34.1 Å². The lowest BCUT2D eigenvalue weighted by atomic mass is 10.1. The third-order valence-electron chi connectivity index (χ3n) is 2.35. The molecule has 3 N–H and O–H groups in total. The van der Waals surface area contributed by atoms with Crippen LogP contribution in [0.25, 0.3) is 10.9 Å². The van der Waals surface area contributed by atoms with Gasteiger partial charge in [-0.05, 0) is 31.0 Å². The van der Waals surface area contributed by atoms with Crippen molar-refractivity contribution in [2.75, 3.05) is 0 Å². The summed E-state index contributed by atoms with van der Waals surface area (Å²) in [4.78, 5) is 3.10. The Morgan fingerprint density at radius 3 is 2.80 bits per heavy atom. The zero-order valence-electron chi connectivity index (χ0n) is 8.35. The van der Waals surface area contributed by atoms with Crippen LogP contribution in [-0.4, -0.2) is 11.0 Å². The second kappa shape index (κ2) is 4.05. The summed E-state index contributed by atoms with van der Waals surface area (Å²) in [5.74, 6) is 0. The van der Waals surface area contributed by atoms with Gasteiger partial charge in [0.05, 0.1) is 5.02 Å². The van der Waals surface area contributed by atoms with E-state index in [0.29, 0.717) is 10.2 Å². The molecule has 4 heteroatoms. The number of hydrogen-bond donors (Lipinski definition) is 2. The molecule has 0 amide bonds. The minimum atomic E-state index is 0.0674. The van der Waals surface area contributed by atoms with E-state index < -0.39 is 0 Å². The predicted molar refractivity (Wildman–Crippen MR) is 65.7 cm³/mol. The highest BCUT2D eigenvalue weighted by Crippen LogP contribution is 2.32. The van der Waals surface area contributed by atoms with Gasteiger partial charge in [-0.1, -0.05) is 29.3 Å². The molecule has 0 saturated carbocycles. The number of aromatic amines is 1. The fraction of sp³-hybridized carbons (Fsp3) is 0.273. The molecule has 0 aliphatic rings. The quantitative estimate of drug-likeness (QED) is 0.834. The van der Waals surface area contributed by atoms with Gasteiger partial charge in [0, 0.05) is 16.9 Å². The molecule has 0 radical (unpaired) electrons. The van der Waals surface area contributed by atoms with Gasteiger partial charge in [-0.25, -0.2) is 0 Å². The van der Waals surface area contributed by atoms with E-state index in [2.05, 4.69) is 4.98 Å². The van der Waals surface area contributed by atoms with E-state index in [9.17, 15) is 0 Å². The van der Waals surface area contributed by atoms with Crippen LogP contribution < -0.4 is 5.73 Å². The molecule has 0 aliphatic heterocycles. The van der Waals surface area contributed by atoms with Crippen LogP contribution in [-0.2, 0) is 6.42 Å². The summed E-state index contributed by atoms with van der Waals surface area (Å²) in [7, 11) is 0. The number of fused-ring (bicyclic) bond motifs is 1. The van der Waals surface area contributed by atoms with E-state index in [1.807, 2.05) is 25.1 Å². The number of rotatable bonds is 2. The fourth-order valence-electron chi connectivity index (χ4n) is 1.75. The molecule has 1 unspecified atom stereocenters. The number of halogens is 2. The summed E-state index contributed by atoms with van der Waals surface area (Å²) in [6.45, 7) is 1.95. The first kappa shape index (κ1) is 10.8. The maximum atomic E-state index is 6.14. The summed E-state index contributed by atoms with van der Waals surface area (Å²) in [5.41, 5.74) is 7.75. The van der Waals surface area contributed by atoms with Crippen LogP contribution in [0.2, 0.25) is 10.2 Å². The van der Waals surface area contributed by atoms with Crippen LogP contribution in [0, 0.1) is 0 Å². The van der Waals surface area contributed by atoms with Crippen molar-refractivity contribution in [1.82, 2.24) is 4.98 Å². The summed E-state index contributed by atoms with van der Waals surface area (Å²) in [5, 5.41) is 2.34. The van der Waals surface area contributed by atoms with Crippen LogP contribution in [0.4, 0.5) is 0 Å². The molecule has 0 spiro atoms. The van der Waals surface area contributed by atoms with Gasteiger partial charge in [0.15, 0.2) is 0 Å². The lowest BCUT2D eigenvalue weighted by Crippen LogP contribution is -2.17. The molecule has 15 heavy (non-hydrogen) atoms. The molecule has 80 valence electrons. The van der Waals surface area contributed by atoms with Crippen molar-refractivity contribution in [3.63, 3.8) is 0 Å². The third-order valence-corrected chi connectivity index (χ3v) is 2.99. The average molecular weight is 243 g/mol. The van der Waals surface area contributed by atoms with Crippen LogP contribution in [0.3, 0.4) is 0 Å². The monoisotopic (exact) mass is 242 g/mol. The van der Waals surface area contributed by atoms with Gasteiger partial charge in [0.1, 0.15) is 5.15 Å². The molecule has 0 saturated heterocycles. The Balaban J connectivity index is 2.65. The SMILES string of the molecule is CC(N)Cc1c(Cl)[nH]c2cccc(Cl)c12. The van der Waals surface area contributed by atoms with Crippen molar-refractivity contribution < 1.29 is 0 Å². The van der Waals surface area contributed by atoms with Crippen LogP contribution in [0.5, 0.6) is 0 Å². The van der Waals surface area contributed by atoms with Crippen molar-refractivity contribution in [3.8, 4) is 0 Å². The van der Waals surface area contributed by atoms with E-state index >= 15 is 0 Å². The molecule has 2 rings (SSSR count). The third kappa shape index (κ3) is 1.98. The Kier molecular flexibility index (Phi) is 2.91. The Labute approximate surface area is 98.4 Å². The minimum Gasteiger partial charge on any atom is -0.345 e. The van der Waals surface area contributed by atoms with Crippen molar-refractivity contribution in [2.45, 2.75) is 19.4 Å². The summed E-state index contributed by atoms with van der Waals surface area (Å²) in [6, 6.07) is 5.78. The highest BCUT2D eigenvalue weighted by Gasteiger charge is 2.13. The highest BCUT2D eigenvalue weighted by atomic mass is 35.5. The molecule has 1 atom stereocenters. The standard InChI is InChI=1S/C11H12Cl2N2/c1-6(14)5-7-10-8(12)3-2-4-9(10)15-11(7)13/h2-4,6,15H,5,14H2,1H3. The number of nitrogens with one attached hydrogen (secondary N) is 1. The maximum Gasteiger partial charge on any atom is 0.110 e. The molecule has 0 aliphatic carbocycles. The number of benzene rings is 1. The van der Waals surface area contributed by atoms with Gasteiger partial charge < -0.3 is 10.7 Å². The van der Waals surface area contributed by atoms with Gasteiger partial charge in [-0.2, -0.15) is 0 Å². The Hall–Kier alpha value is -0.700. The lowest BCUT2D eigenvalue weighted by molar-refractivity contribution is 0.741. The van der Waals surface area contributed by atoms with E-state index in [1.54, 1.807) is 0 Å². The van der Waals surface area contributed by atoms with Gasteiger partial charge in [-0.3, -0.25) is 0 Å². The van der Waals surface area contributed by atoms with Gasteiger partial charge in [0.2, 0.25) is 0 Å². The van der Waals surface area contributed by atoms with Crippen molar-refractivity contribution in [1.29, 1.82) is 0 Å². The summed E-state index contributed by atoms with van der Waals surface area (Å²) in [6.07, 6.45) is 0.725. The Morgan fingerprint density at radius 2 is 2.13 bits per heavy atom. The largest absolute Gasteiger partial charge is 0.345 e. The first-order valence-electron chi connectivity index (χ1n) is 4.79. The van der Waals surface area contributed by atoms with Crippen molar-refractivity contribution in [3.05, 3.63) is 33.9 Å². The summed E-state index contributed by atoms with van der Waals surface area (Å²) < 4.78 is 0. The Morgan fingerprint density at radius 1 is 1.40 bits per heavy atom. The van der Waals surface area contributed by atoms with Crippen LogP contribution >= 0.6 is 23.2 Å². The molecular weight excluding hydrogens is 231 g/mol. The molecule has 0 bridgehead atoms. The molecular formula is C11H12Cl2N2. The number of nitrogens with two attached hydrogens (primary N) is 1. The van der Waals surface area contributed by atoms with Crippen molar-refractivity contribution in [2.24, 2.45) is 5.73 Å². The summed E-state index contributed by atoms with van der Waals surface area (Å²) >= 11 is 12.3. The van der Waals surface area contributed by atoms with E-state index in [1.165, 1.54) is 0 Å². The first-order chi connectivity index (χ1) is 7.09. The number of aromatic nitrogens is 1. The second-order valence-electron chi connectivity index (χ2n) is 3.76. The van der Waals surface area contributed by atoms with Gasteiger partial charge >= 0.3 is 0 Å². The molecule has 1 heterocycles. The molecule has 1 aromatic heterocycles. The average Bonchev–Trinajstić information content (AvgIpc) is 2.43. The highest BCUT2D eigenvalue weighted by molar-refractivity contribution is 6.37. The number of H-pyrrole nitrogens is 1. The zero-order valence-corrected chi connectivity index (χ0v) is 9.86. The molecule has 1 aromatic carbocycles. The smallest absolute Gasteiger partial charge is 0.110 e. The second-order valence-corrected chi connectivity index (χ2v) is 4.55.